The number of nitrogens with zero attached hydrogens (tertiary/aromatic N) is 3. The average molecular weight is 371 g/mol. The van der Waals surface area contributed by atoms with E-state index in [0.29, 0.717) is 32.8 Å². The van der Waals surface area contributed by atoms with Crippen molar-refractivity contribution in [2.45, 2.75) is 37.6 Å². The highest BCUT2D eigenvalue weighted by molar-refractivity contribution is 5.04. The summed E-state index contributed by atoms with van der Waals surface area (Å²) in [5.74, 6) is 0. The van der Waals surface area contributed by atoms with Crippen LogP contribution in [0.1, 0.15) is 13.2 Å². The lowest BCUT2D eigenvalue weighted by atomic mass is 9.97. The lowest BCUT2D eigenvalue weighted by Crippen LogP contribution is -2.59. The number of rotatable bonds is 5. The summed E-state index contributed by atoms with van der Waals surface area (Å²) in [5, 5.41) is 31.0. The minimum atomic E-state index is -1.41. The number of aliphatic hydroxyl groups is 3. The van der Waals surface area contributed by atoms with Gasteiger partial charge in [0.15, 0.2) is 6.23 Å². The third-order valence-electron chi connectivity index (χ3n) is 4.58. The fraction of sp³-hybridized carbons (Fsp3) is 0.750. The molecule has 10 nitrogen and oxygen atoms in total. The van der Waals surface area contributed by atoms with Crippen LogP contribution < -0.4 is 10.3 Å². The van der Waals surface area contributed by atoms with Gasteiger partial charge in [0, 0.05) is 31.9 Å². The number of aromatic nitrogens is 2. The minimum Gasteiger partial charge on any atom is -0.465 e. The molecule has 3 rings (SSSR count). The van der Waals surface area contributed by atoms with E-state index in [4.69, 9.17) is 14.2 Å². The monoisotopic (exact) mass is 371 g/mol. The zero-order chi connectivity index (χ0) is 18.7. The molecule has 26 heavy (non-hydrogen) atoms. The van der Waals surface area contributed by atoms with Crippen LogP contribution in [0.3, 0.4) is 0 Å². The molecule has 2 aliphatic heterocycles. The summed E-state index contributed by atoms with van der Waals surface area (Å²) in [6, 6.07) is 1.20. The van der Waals surface area contributed by atoms with Crippen LogP contribution >= 0.6 is 0 Å². The lowest BCUT2D eigenvalue weighted by Gasteiger charge is -2.43. The van der Waals surface area contributed by atoms with Crippen molar-refractivity contribution < 1.29 is 29.5 Å². The summed E-state index contributed by atoms with van der Waals surface area (Å²) in [6.45, 7) is 4.95. The number of hydrogen-bond acceptors (Lipinski definition) is 9. The van der Waals surface area contributed by atoms with Crippen LogP contribution in [0.4, 0.5) is 0 Å². The van der Waals surface area contributed by atoms with E-state index in [2.05, 4.69) is 9.88 Å². The Morgan fingerprint density at radius 1 is 1.23 bits per heavy atom. The summed E-state index contributed by atoms with van der Waals surface area (Å²) >= 11 is 0. The van der Waals surface area contributed by atoms with Crippen LogP contribution in [-0.4, -0.2) is 93.6 Å². The van der Waals surface area contributed by atoms with Crippen molar-refractivity contribution in [1.82, 2.24) is 14.5 Å². The minimum absolute atomic E-state index is 0.0160. The largest absolute Gasteiger partial charge is 0.465 e. The van der Waals surface area contributed by atoms with Gasteiger partial charge in [0.05, 0.1) is 19.8 Å². The van der Waals surface area contributed by atoms with E-state index in [1.807, 2.05) is 0 Å². The molecule has 3 heterocycles. The van der Waals surface area contributed by atoms with E-state index in [9.17, 15) is 20.1 Å². The first-order valence-electron chi connectivity index (χ1n) is 8.73. The lowest BCUT2D eigenvalue weighted by molar-refractivity contribution is -0.249. The van der Waals surface area contributed by atoms with Crippen LogP contribution in [0.5, 0.6) is 6.01 Å². The van der Waals surface area contributed by atoms with E-state index < -0.39 is 36.2 Å². The molecule has 2 aliphatic rings. The number of morpholine rings is 1. The van der Waals surface area contributed by atoms with Crippen LogP contribution in [0, 0.1) is 0 Å². The molecule has 0 aliphatic carbocycles. The zero-order valence-electron chi connectivity index (χ0n) is 14.6. The van der Waals surface area contributed by atoms with Crippen LogP contribution in [0.2, 0.25) is 0 Å². The second kappa shape index (κ2) is 8.42. The molecule has 3 N–H and O–H groups in total. The molecule has 0 bridgehead atoms. The average Bonchev–Trinajstić information content (AvgIpc) is 2.64. The first kappa shape index (κ1) is 19.2. The fourth-order valence-electron chi connectivity index (χ4n) is 3.18. The van der Waals surface area contributed by atoms with Gasteiger partial charge in [-0.2, -0.15) is 4.98 Å². The summed E-state index contributed by atoms with van der Waals surface area (Å²) in [7, 11) is 0. The number of aliphatic hydroxyl groups excluding tert-OH is 3. The maximum Gasteiger partial charge on any atom is 0.301 e. The smallest absolute Gasteiger partial charge is 0.301 e. The first-order valence-corrected chi connectivity index (χ1v) is 8.73. The van der Waals surface area contributed by atoms with Crippen molar-refractivity contribution in [1.29, 1.82) is 0 Å². The van der Waals surface area contributed by atoms with Crippen molar-refractivity contribution in [3.63, 3.8) is 0 Å². The third kappa shape index (κ3) is 4.05. The maximum atomic E-state index is 11.5. The van der Waals surface area contributed by atoms with Gasteiger partial charge in [-0.25, -0.2) is 0 Å². The van der Waals surface area contributed by atoms with Gasteiger partial charge in [-0.3, -0.25) is 14.3 Å². The number of hydrogen-bond donors (Lipinski definition) is 3. The summed E-state index contributed by atoms with van der Waals surface area (Å²) in [5.41, 5.74) is -0.486. The van der Waals surface area contributed by atoms with E-state index in [1.54, 1.807) is 6.92 Å². The Morgan fingerprint density at radius 3 is 2.65 bits per heavy atom. The maximum absolute atomic E-state index is 11.5. The third-order valence-corrected chi connectivity index (χ3v) is 4.58. The van der Waals surface area contributed by atoms with Gasteiger partial charge in [0.1, 0.15) is 24.4 Å². The topological polar surface area (TPSA) is 127 Å². The predicted octanol–water partition coefficient (Wildman–Crippen LogP) is -2.05. The molecule has 0 radical (unpaired) electrons. The van der Waals surface area contributed by atoms with E-state index >= 15 is 0 Å². The normalized spacial score (nSPS) is 33.2. The van der Waals surface area contributed by atoms with Gasteiger partial charge in [-0.15, -0.1) is 0 Å². The Kier molecular flexibility index (Phi) is 6.22. The Bertz CT molecular complexity index is 649. The van der Waals surface area contributed by atoms with Crippen molar-refractivity contribution >= 4 is 0 Å². The number of ether oxygens (including phenoxy) is 3. The molecule has 0 saturated carbocycles. The molecule has 0 unspecified atom stereocenters. The summed E-state index contributed by atoms with van der Waals surface area (Å²) in [4.78, 5) is 17.4. The summed E-state index contributed by atoms with van der Waals surface area (Å²) in [6.07, 6.45) is -4.45. The SMILES string of the molecule is CCOc1nc(=O)ccn1[C@@H]1O[C@H](CN2CCOCC2)[C@@H](O)[C@H](O)[C@H]1O. The molecule has 2 fully saturated rings. The van der Waals surface area contributed by atoms with E-state index in [1.165, 1.54) is 16.8 Å². The highest BCUT2D eigenvalue weighted by Gasteiger charge is 2.45. The molecule has 2 saturated heterocycles. The Morgan fingerprint density at radius 2 is 1.96 bits per heavy atom. The molecule has 146 valence electrons. The van der Waals surface area contributed by atoms with Crippen LogP contribution in [0.15, 0.2) is 17.1 Å². The van der Waals surface area contributed by atoms with E-state index in [-0.39, 0.29) is 12.6 Å². The van der Waals surface area contributed by atoms with Gasteiger partial charge in [0.2, 0.25) is 0 Å². The first-order chi connectivity index (χ1) is 12.5. The van der Waals surface area contributed by atoms with Gasteiger partial charge in [0.25, 0.3) is 5.56 Å². The van der Waals surface area contributed by atoms with Crippen LogP contribution in [0.25, 0.3) is 0 Å². The second-order valence-corrected chi connectivity index (χ2v) is 6.34. The highest BCUT2D eigenvalue weighted by atomic mass is 16.6. The molecule has 0 spiro atoms. The Balaban J connectivity index is 1.83. The molecule has 1 aromatic heterocycles. The van der Waals surface area contributed by atoms with Gasteiger partial charge in [-0.05, 0) is 6.92 Å². The van der Waals surface area contributed by atoms with Crippen molar-refractivity contribution in [3.8, 4) is 6.01 Å². The molecular weight excluding hydrogens is 346 g/mol. The van der Waals surface area contributed by atoms with Gasteiger partial charge < -0.3 is 29.5 Å². The van der Waals surface area contributed by atoms with Crippen LogP contribution in [-0.2, 0) is 9.47 Å². The molecule has 0 aromatic carbocycles. The highest BCUT2D eigenvalue weighted by Crippen LogP contribution is 2.30. The molecule has 10 heteroatoms. The van der Waals surface area contributed by atoms with Crippen molar-refractivity contribution in [2.75, 3.05) is 39.5 Å². The molecule has 5 atom stereocenters. The standard InChI is InChI=1S/C16H25N3O7/c1-2-25-16-17-11(20)3-4-19(16)15-14(23)13(22)12(21)10(26-15)9-18-5-7-24-8-6-18/h3-4,10,12-15,21-23H,2,5-9H2,1H3/t10-,12-,13+,14-,15-/m1/s1. The Labute approximate surface area is 150 Å². The molecular formula is C16H25N3O7. The second-order valence-electron chi connectivity index (χ2n) is 6.34. The van der Waals surface area contributed by atoms with Gasteiger partial charge in [-0.1, -0.05) is 0 Å². The van der Waals surface area contributed by atoms with Gasteiger partial charge >= 0.3 is 6.01 Å². The Hall–Kier alpha value is -1.56. The summed E-state index contributed by atoms with van der Waals surface area (Å²) < 4.78 is 17.9. The quantitative estimate of drug-likeness (QED) is 0.536. The zero-order valence-corrected chi connectivity index (χ0v) is 14.6. The predicted molar refractivity (Wildman–Crippen MR) is 88.9 cm³/mol. The fourth-order valence-corrected chi connectivity index (χ4v) is 3.18. The van der Waals surface area contributed by atoms with E-state index in [0.717, 1.165) is 0 Å². The molecule has 1 aromatic rings. The molecule has 0 amide bonds. The van der Waals surface area contributed by atoms with Crippen molar-refractivity contribution in [2.24, 2.45) is 0 Å². The van der Waals surface area contributed by atoms with Crippen molar-refractivity contribution in [3.05, 3.63) is 22.6 Å².